The largest absolute Gasteiger partial charge is 0.497 e. The first-order chi connectivity index (χ1) is 14.9. The van der Waals surface area contributed by atoms with E-state index in [4.69, 9.17) is 14.8 Å². The van der Waals surface area contributed by atoms with Crippen LogP contribution in [0.1, 0.15) is 42.0 Å². The van der Waals surface area contributed by atoms with Gasteiger partial charge in [-0.1, -0.05) is 44.2 Å². The van der Waals surface area contributed by atoms with E-state index in [2.05, 4.69) is 13.8 Å². The van der Waals surface area contributed by atoms with Crippen molar-refractivity contribution in [2.75, 3.05) is 7.11 Å². The van der Waals surface area contributed by atoms with Gasteiger partial charge in [0.2, 0.25) is 0 Å². The van der Waals surface area contributed by atoms with Gasteiger partial charge in [-0.25, -0.2) is 9.67 Å². The summed E-state index contributed by atoms with van der Waals surface area (Å²) in [7, 11) is 1.65. The van der Waals surface area contributed by atoms with Crippen LogP contribution in [0.2, 0.25) is 0 Å². The molecule has 5 nitrogen and oxygen atoms in total. The number of rotatable bonds is 3. The molecule has 156 valence electrons. The molecule has 5 rings (SSSR count). The van der Waals surface area contributed by atoms with Gasteiger partial charge < -0.3 is 4.74 Å². The molecule has 2 aromatic carbocycles. The van der Waals surface area contributed by atoms with Crippen molar-refractivity contribution in [3.8, 4) is 22.6 Å². The Morgan fingerprint density at radius 2 is 1.68 bits per heavy atom. The van der Waals surface area contributed by atoms with Crippen molar-refractivity contribution in [1.29, 1.82) is 0 Å². The summed E-state index contributed by atoms with van der Waals surface area (Å²) in [6, 6.07) is 17.9. The number of benzene rings is 2. The van der Waals surface area contributed by atoms with E-state index in [1.165, 1.54) is 0 Å². The Morgan fingerprint density at radius 3 is 2.35 bits per heavy atom. The van der Waals surface area contributed by atoms with Crippen LogP contribution in [0.25, 0.3) is 27.8 Å². The Bertz CT molecular complexity index is 1300. The molecule has 0 spiro atoms. The van der Waals surface area contributed by atoms with E-state index in [1.54, 1.807) is 7.11 Å². The molecule has 1 aliphatic rings. The number of Topliss-reactive ketones (excluding diaryl/α,β-unsaturated/α-hetero) is 1. The second kappa shape index (κ2) is 7.05. The topological polar surface area (TPSA) is 57.0 Å². The lowest BCUT2D eigenvalue weighted by molar-refractivity contribution is 0.0911. The van der Waals surface area contributed by atoms with Gasteiger partial charge in [-0.15, -0.1) is 0 Å². The van der Waals surface area contributed by atoms with Gasteiger partial charge in [-0.2, -0.15) is 5.10 Å². The standard InChI is InChI=1S/C26H25N3O2/c1-16-22-23(17-10-12-19(31-4)13-11-17)24-20(14-26(2,3)15-21(24)30)27-25(22)29(28-16)18-8-6-5-7-9-18/h5-13H,14-15H2,1-4H3. The van der Waals surface area contributed by atoms with Crippen molar-refractivity contribution in [1.82, 2.24) is 14.8 Å². The molecule has 0 N–H and O–H groups in total. The summed E-state index contributed by atoms with van der Waals surface area (Å²) in [6.45, 7) is 6.25. The molecule has 0 aliphatic heterocycles. The Morgan fingerprint density at radius 1 is 0.968 bits per heavy atom. The molecule has 4 aromatic rings. The maximum Gasteiger partial charge on any atom is 0.165 e. The van der Waals surface area contributed by atoms with Gasteiger partial charge in [0, 0.05) is 17.5 Å². The number of aromatic nitrogens is 3. The van der Waals surface area contributed by atoms with E-state index in [0.717, 1.165) is 57.0 Å². The zero-order valence-corrected chi connectivity index (χ0v) is 18.3. The van der Waals surface area contributed by atoms with E-state index in [-0.39, 0.29) is 11.2 Å². The number of pyridine rings is 1. The molecule has 0 bridgehead atoms. The molecule has 2 aromatic heterocycles. The lowest BCUT2D eigenvalue weighted by Gasteiger charge is -2.31. The van der Waals surface area contributed by atoms with Crippen LogP contribution >= 0.6 is 0 Å². The third kappa shape index (κ3) is 3.21. The molecule has 31 heavy (non-hydrogen) atoms. The normalized spacial score (nSPS) is 15.2. The number of para-hydroxylation sites is 1. The Labute approximate surface area is 181 Å². The number of carbonyl (C=O) groups excluding carboxylic acids is 1. The number of hydrogen-bond donors (Lipinski definition) is 0. The molecule has 0 saturated heterocycles. The van der Waals surface area contributed by atoms with Gasteiger partial charge >= 0.3 is 0 Å². The van der Waals surface area contributed by atoms with Crippen molar-refractivity contribution in [2.45, 2.75) is 33.6 Å². The third-order valence-electron chi connectivity index (χ3n) is 6.01. The smallest absolute Gasteiger partial charge is 0.165 e. The fraction of sp³-hybridized carbons (Fsp3) is 0.269. The molecule has 0 radical (unpaired) electrons. The highest BCUT2D eigenvalue weighted by Crippen LogP contribution is 2.42. The number of methoxy groups -OCH3 is 1. The summed E-state index contributed by atoms with van der Waals surface area (Å²) in [5.41, 5.74) is 6.00. The van der Waals surface area contributed by atoms with E-state index < -0.39 is 0 Å². The summed E-state index contributed by atoms with van der Waals surface area (Å²) in [5.74, 6) is 0.936. The average molecular weight is 412 g/mol. The fourth-order valence-electron chi connectivity index (χ4n) is 4.63. The Balaban J connectivity index is 1.88. The zero-order chi connectivity index (χ0) is 21.8. The van der Waals surface area contributed by atoms with Gasteiger partial charge in [0.15, 0.2) is 11.4 Å². The summed E-state index contributed by atoms with van der Waals surface area (Å²) < 4.78 is 7.24. The first kappa shape index (κ1) is 19.5. The van der Waals surface area contributed by atoms with E-state index in [9.17, 15) is 4.79 Å². The molecule has 0 fully saturated rings. The number of nitrogens with zero attached hydrogens (tertiary/aromatic N) is 3. The number of ketones is 1. The number of fused-ring (bicyclic) bond motifs is 2. The van der Waals surface area contributed by atoms with Crippen LogP contribution in [-0.2, 0) is 6.42 Å². The minimum absolute atomic E-state index is 0.116. The van der Waals surface area contributed by atoms with Gasteiger partial charge in [-0.3, -0.25) is 4.79 Å². The van der Waals surface area contributed by atoms with Crippen LogP contribution in [0.3, 0.4) is 0 Å². The molecule has 0 amide bonds. The predicted molar refractivity (Wildman–Crippen MR) is 122 cm³/mol. The first-order valence-corrected chi connectivity index (χ1v) is 10.5. The van der Waals surface area contributed by atoms with Crippen molar-refractivity contribution >= 4 is 16.8 Å². The van der Waals surface area contributed by atoms with Crippen LogP contribution in [0.4, 0.5) is 0 Å². The highest BCUT2D eigenvalue weighted by atomic mass is 16.5. The van der Waals surface area contributed by atoms with Crippen LogP contribution in [0.15, 0.2) is 54.6 Å². The molecule has 0 atom stereocenters. The summed E-state index contributed by atoms with van der Waals surface area (Å²) in [6.07, 6.45) is 1.27. The van der Waals surface area contributed by atoms with Gasteiger partial charge in [0.25, 0.3) is 0 Å². The fourth-order valence-corrected chi connectivity index (χ4v) is 4.63. The van der Waals surface area contributed by atoms with Crippen molar-refractivity contribution < 1.29 is 9.53 Å². The zero-order valence-electron chi connectivity index (χ0n) is 18.3. The van der Waals surface area contributed by atoms with E-state index in [1.807, 2.05) is 66.2 Å². The Kier molecular flexibility index (Phi) is 4.43. The first-order valence-electron chi connectivity index (χ1n) is 10.5. The highest BCUT2D eigenvalue weighted by molar-refractivity contribution is 6.11. The second-order valence-corrected chi connectivity index (χ2v) is 9.01. The Hall–Kier alpha value is -3.47. The quantitative estimate of drug-likeness (QED) is 0.443. The van der Waals surface area contributed by atoms with Crippen LogP contribution < -0.4 is 4.74 Å². The van der Waals surface area contributed by atoms with E-state index in [0.29, 0.717) is 6.42 Å². The maximum absolute atomic E-state index is 13.4. The second-order valence-electron chi connectivity index (χ2n) is 9.01. The van der Waals surface area contributed by atoms with Crippen LogP contribution in [-0.4, -0.2) is 27.7 Å². The lowest BCUT2D eigenvalue weighted by Crippen LogP contribution is -2.28. The maximum atomic E-state index is 13.4. The summed E-state index contributed by atoms with van der Waals surface area (Å²) >= 11 is 0. The van der Waals surface area contributed by atoms with E-state index >= 15 is 0 Å². The highest BCUT2D eigenvalue weighted by Gasteiger charge is 2.36. The molecular formula is C26H25N3O2. The SMILES string of the molecule is COc1ccc(-c2c3c(nc4c2c(C)nn4-c2ccccc2)CC(C)(C)CC3=O)cc1. The van der Waals surface area contributed by atoms with Gasteiger partial charge in [-0.05, 0) is 48.6 Å². The van der Waals surface area contributed by atoms with Gasteiger partial charge in [0.1, 0.15) is 5.75 Å². The minimum Gasteiger partial charge on any atom is -0.497 e. The number of aryl methyl sites for hydroxylation is 1. The number of hydrogen-bond acceptors (Lipinski definition) is 4. The summed E-state index contributed by atoms with van der Waals surface area (Å²) in [4.78, 5) is 18.4. The number of ether oxygens (including phenoxy) is 1. The van der Waals surface area contributed by atoms with Crippen LogP contribution in [0, 0.1) is 12.3 Å². The van der Waals surface area contributed by atoms with Crippen LogP contribution in [0.5, 0.6) is 5.75 Å². The molecule has 1 aliphatic carbocycles. The average Bonchev–Trinajstić information content (AvgIpc) is 3.08. The summed E-state index contributed by atoms with van der Waals surface area (Å²) in [5, 5.41) is 5.76. The lowest BCUT2D eigenvalue weighted by atomic mass is 9.73. The molecule has 0 unspecified atom stereocenters. The number of carbonyl (C=O) groups is 1. The predicted octanol–water partition coefficient (Wildman–Crippen LogP) is 5.56. The monoisotopic (exact) mass is 411 g/mol. The van der Waals surface area contributed by atoms with Gasteiger partial charge in [0.05, 0.1) is 29.6 Å². The molecule has 2 heterocycles. The minimum atomic E-state index is -0.116. The third-order valence-corrected chi connectivity index (χ3v) is 6.01. The molecule has 5 heteroatoms. The van der Waals surface area contributed by atoms with Crippen molar-refractivity contribution in [3.05, 3.63) is 71.5 Å². The van der Waals surface area contributed by atoms with Crippen molar-refractivity contribution in [2.24, 2.45) is 5.41 Å². The molecular weight excluding hydrogens is 386 g/mol. The van der Waals surface area contributed by atoms with Crippen molar-refractivity contribution in [3.63, 3.8) is 0 Å². The molecule has 0 saturated carbocycles.